The zero-order chi connectivity index (χ0) is 16.7. The molecule has 2 rings (SSSR count). The topological polar surface area (TPSA) is 47.6 Å². The van der Waals surface area contributed by atoms with Crippen LogP contribution in [0.2, 0.25) is 5.02 Å². The lowest BCUT2D eigenvalue weighted by Crippen LogP contribution is -2.41. The number of hydrogen-bond acceptors (Lipinski definition) is 3. The molecule has 0 saturated carbocycles. The van der Waals surface area contributed by atoms with Crippen LogP contribution in [0.4, 0.5) is 10.5 Å². The van der Waals surface area contributed by atoms with E-state index in [1.165, 1.54) is 0 Å². The van der Waals surface area contributed by atoms with Crippen molar-refractivity contribution in [1.82, 2.24) is 15.1 Å². The standard InChI is InChI=1S/C17H27ClN4O/c1-21(2)10-11-22-8-6-14(7-9-22)13-19-17(23)20-16-5-3-4-15(18)12-16/h3-5,12,14H,6-11,13H2,1-2H3,(H2,19,20,23). The van der Waals surface area contributed by atoms with E-state index in [0.717, 1.165) is 45.6 Å². The zero-order valence-corrected chi connectivity index (χ0v) is 14.8. The van der Waals surface area contributed by atoms with Crippen LogP contribution in [0.15, 0.2) is 24.3 Å². The van der Waals surface area contributed by atoms with E-state index in [1.54, 1.807) is 12.1 Å². The van der Waals surface area contributed by atoms with Gasteiger partial charge in [0.1, 0.15) is 0 Å². The molecule has 1 fully saturated rings. The molecule has 0 aliphatic carbocycles. The summed E-state index contributed by atoms with van der Waals surface area (Å²) in [5.41, 5.74) is 0.716. The molecule has 1 saturated heterocycles. The third-order valence-corrected chi connectivity index (χ3v) is 4.44. The second kappa shape index (κ2) is 9.11. The first kappa shape index (κ1) is 18.0. The van der Waals surface area contributed by atoms with Gasteiger partial charge in [0.05, 0.1) is 0 Å². The molecule has 1 aliphatic heterocycles. The van der Waals surface area contributed by atoms with Crippen molar-refractivity contribution in [3.8, 4) is 0 Å². The second-order valence-corrected chi connectivity index (χ2v) is 6.87. The lowest BCUT2D eigenvalue weighted by Gasteiger charge is -2.32. The van der Waals surface area contributed by atoms with Crippen LogP contribution in [0.1, 0.15) is 12.8 Å². The second-order valence-electron chi connectivity index (χ2n) is 6.43. The third-order valence-electron chi connectivity index (χ3n) is 4.20. The van der Waals surface area contributed by atoms with Crippen molar-refractivity contribution in [2.24, 2.45) is 5.92 Å². The van der Waals surface area contributed by atoms with Gasteiger partial charge in [0, 0.05) is 30.3 Å². The third kappa shape index (κ3) is 6.77. The first-order chi connectivity index (χ1) is 11.0. The highest BCUT2D eigenvalue weighted by molar-refractivity contribution is 6.30. The van der Waals surface area contributed by atoms with Crippen LogP contribution < -0.4 is 10.6 Å². The highest BCUT2D eigenvalue weighted by Gasteiger charge is 2.19. The Balaban J connectivity index is 1.64. The summed E-state index contributed by atoms with van der Waals surface area (Å²) in [6.07, 6.45) is 2.29. The van der Waals surface area contributed by atoms with E-state index in [0.29, 0.717) is 16.6 Å². The summed E-state index contributed by atoms with van der Waals surface area (Å²) in [7, 11) is 4.21. The highest BCUT2D eigenvalue weighted by Crippen LogP contribution is 2.17. The van der Waals surface area contributed by atoms with Gasteiger partial charge < -0.3 is 20.4 Å². The monoisotopic (exact) mass is 338 g/mol. The maximum atomic E-state index is 11.9. The predicted molar refractivity (Wildman–Crippen MR) is 96.2 cm³/mol. The first-order valence-electron chi connectivity index (χ1n) is 8.20. The molecule has 1 aromatic carbocycles. The van der Waals surface area contributed by atoms with Gasteiger partial charge in [0.15, 0.2) is 0 Å². The number of urea groups is 1. The number of piperidine rings is 1. The molecule has 128 valence electrons. The minimum Gasteiger partial charge on any atom is -0.338 e. The van der Waals surface area contributed by atoms with Crippen molar-refractivity contribution in [3.05, 3.63) is 29.3 Å². The molecule has 23 heavy (non-hydrogen) atoms. The Morgan fingerprint density at radius 3 is 2.74 bits per heavy atom. The molecule has 6 heteroatoms. The van der Waals surface area contributed by atoms with Crippen molar-refractivity contribution in [2.45, 2.75) is 12.8 Å². The Kier molecular flexibility index (Phi) is 7.15. The molecule has 0 spiro atoms. The number of halogens is 1. The van der Waals surface area contributed by atoms with Gasteiger partial charge in [-0.1, -0.05) is 17.7 Å². The molecule has 0 radical (unpaired) electrons. The van der Waals surface area contributed by atoms with Crippen molar-refractivity contribution < 1.29 is 4.79 Å². The number of likely N-dealkylation sites (N-methyl/N-ethyl adjacent to an activating group) is 1. The van der Waals surface area contributed by atoms with Crippen LogP contribution >= 0.6 is 11.6 Å². The number of nitrogens with one attached hydrogen (secondary N) is 2. The summed E-state index contributed by atoms with van der Waals surface area (Å²) in [6, 6.07) is 7.01. The van der Waals surface area contributed by atoms with Crippen molar-refractivity contribution in [3.63, 3.8) is 0 Å². The Morgan fingerprint density at radius 2 is 2.09 bits per heavy atom. The van der Waals surface area contributed by atoms with E-state index in [1.807, 2.05) is 12.1 Å². The molecule has 0 bridgehead atoms. The lowest BCUT2D eigenvalue weighted by atomic mass is 9.97. The number of amides is 2. The van der Waals surface area contributed by atoms with Crippen LogP contribution in [-0.2, 0) is 0 Å². The molecule has 2 N–H and O–H groups in total. The molecule has 1 aromatic rings. The molecular formula is C17H27ClN4O. The maximum Gasteiger partial charge on any atom is 0.319 e. The Labute approximate surface area is 144 Å². The summed E-state index contributed by atoms with van der Waals surface area (Å²) in [5.74, 6) is 0.565. The van der Waals surface area contributed by atoms with Crippen molar-refractivity contribution in [1.29, 1.82) is 0 Å². The number of carbonyl (C=O) groups is 1. The Morgan fingerprint density at radius 1 is 1.35 bits per heavy atom. The van der Waals surface area contributed by atoms with E-state index in [9.17, 15) is 4.79 Å². The fourth-order valence-corrected chi connectivity index (χ4v) is 2.92. The summed E-state index contributed by atoms with van der Waals surface area (Å²) in [6.45, 7) is 5.20. The van der Waals surface area contributed by atoms with Crippen molar-refractivity contribution in [2.75, 3.05) is 52.1 Å². The van der Waals surface area contributed by atoms with E-state index >= 15 is 0 Å². The van der Waals surface area contributed by atoms with Gasteiger partial charge in [-0.3, -0.25) is 0 Å². The van der Waals surface area contributed by atoms with Gasteiger partial charge in [-0.25, -0.2) is 4.79 Å². The summed E-state index contributed by atoms with van der Waals surface area (Å²) in [5, 5.41) is 6.40. The summed E-state index contributed by atoms with van der Waals surface area (Å²) in [4.78, 5) is 16.6. The Hall–Kier alpha value is -1.30. The number of anilines is 1. The maximum absolute atomic E-state index is 11.9. The lowest BCUT2D eigenvalue weighted by molar-refractivity contribution is 0.169. The van der Waals surface area contributed by atoms with E-state index in [-0.39, 0.29) is 6.03 Å². The first-order valence-corrected chi connectivity index (χ1v) is 8.58. The smallest absolute Gasteiger partial charge is 0.319 e. The quantitative estimate of drug-likeness (QED) is 0.838. The fourth-order valence-electron chi connectivity index (χ4n) is 2.73. The Bertz CT molecular complexity index is 501. The molecule has 0 unspecified atom stereocenters. The van der Waals surface area contributed by atoms with Crippen molar-refractivity contribution >= 4 is 23.3 Å². The minimum atomic E-state index is -0.165. The van der Waals surface area contributed by atoms with Gasteiger partial charge in [0.25, 0.3) is 0 Å². The van der Waals surface area contributed by atoms with E-state index in [4.69, 9.17) is 11.6 Å². The summed E-state index contributed by atoms with van der Waals surface area (Å²) < 4.78 is 0. The van der Waals surface area contributed by atoms with Crippen LogP contribution in [0, 0.1) is 5.92 Å². The number of hydrogen-bond donors (Lipinski definition) is 2. The SMILES string of the molecule is CN(C)CCN1CCC(CNC(=O)Nc2cccc(Cl)c2)CC1. The molecule has 1 heterocycles. The molecule has 0 aromatic heterocycles. The zero-order valence-electron chi connectivity index (χ0n) is 14.0. The average Bonchev–Trinajstić information content (AvgIpc) is 2.52. The number of likely N-dealkylation sites (tertiary alicyclic amines) is 1. The van der Waals surface area contributed by atoms with Gasteiger partial charge >= 0.3 is 6.03 Å². The largest absolute Gasteiger partial charge is 0.338 e. The molecular weight excluding hydrogens is 312 g/mol. The molecule has 0 atom stereocenters. The number of rotatable bonds is 6. The summed E-state index contributed by atoms with van der Waals surface area (Å²) >= 11 is 5.91. The van der Waals surface area contributed by atoms with Crippen LogP contribution in [0.5, 0.6) is 0 Å². The molecule has 1 aliphatic rings. The molecule has 2 amide bonds. The van der Waals surface area contributed by atoms with Gasteiger partial charge in [0.2, 0.25) is 0 Å². The van der Waals surface area contributed by atoms with Gasteiger partial charge in [-0.15, -0.1) is 0 Å². The van der Waals surface area contributed by atoms with E-state index in [2.05, 4.69) is 34.5 Å². The highest BCUT2D eigenvalue weighted by atomic mass is 35.5. The van der Waals surface area contributed by atoms with Crippen LogP contribution in [0.3, 0.4) is 0 Å². The van der Waals surface area contributed by atoms with Crippen LogP contribution in [-0.4, -0.2) is 62.7 Å². The number of nitrogens with zero attached hydrogens (tertiary/aromatic N) is 2. The number of benzene rings is 1. The van der Waals surface area contributed by atoms with Crippen LogP contribution in [0.25, 0.3) is 0 Å². The van der Waals surface area contributed by atoms with Gasteiger partial charge in [-0.2, -0.15) is 0 Å². The fraction of sp³-hybridized carbons (Fsp3) is 0.588. The van der Waals surface area contributed by atoms with Gasteiger partial charge in [-0.05, 0) is 64.1 Å². The average molecular weight is 339 g/mol. The molecule has 5 nitrogen and oxygen atoms in total. The normalized spacial score (nSPS) is 16.5. The number of carbonyl (C=O) groups excluding carboxylic acids is 1. The predicted octanol–water partition coefficient (Wildman–Crippen LogP) is 2.74. The minimum absolute atomic E-state index is 0.165. The van der Waals surface area contributed by atoms with E-state index < -0.39 is 0 Å².